The van der Waals surface area contributed by atoms with E-state index in [-0.39, 0.29) is 28.2 Å². The number of carboxylic acid groups (broad SMARTS) is 1. The number of halogens is 1. The van der Waals surface area contributed by atoms with Crippen LogP contribution in [0.15, 0.2) is 11.0 Å². The van der Waals surface area contributed by atoms with Gasteiger partial charge >= 0.3 is 5.97 Å². The van der Waals surface area contributed by atoms with E-state index in [4.69, 9.17) is 0 Å². The molecule has 2 aromatic rings. The maximum atomic E-state index is 15.3. The summed E-state index contributed by atoms with van der Waals surface area (Å²) >= 11 is 0. The maximum absolute atomic E-state index is 15.3. The number of fused-ring (bicyclic) bond motifs is 1. The van der Waals surface area contributed by atoms with E-state index in [0.29, 0.717) is 31.7 Å². The Morgan fingerprint density at radius 1 is 1.37 bits per heavy atom. The summed E-state index contributed by atoms with van der Waals surface area (Å²) in [4.78, 5) is 26.2. The zero-order valence-electron chi connectivity index (χ0n) is 14.9. The van der Waals surface area contributed by atoms with Crippen LogP contribution in [0.4, 0.5) is 10.1 Å². The number of rotatable bonds is 3. The lowest BCUT2D eigenvalue weighted by Crippen LogP contribution is -2.44. The maximum Gasteiger partial charge on any atom is 0.341 e. The monoisotopic (exact) mass is 370 g/mol. The van der Waals surface area contributed by atoms with Crippen molar-refractivity contribution in [1.82, 2.24) is 9.88 Å². The Morgan fingerprint density at radius 2 is 2.04 bits per heavy atom. The predicted molar refractivity (Wildman–Crippen MR) is 97.9 cm³/mol. The number of benzene rings is 1. The first-order chi connectivity index (χ1) is 13.0. The fourth-order valence-electron chi connectivity index (χ4n) is 3.83. The largest absolute Gasteiger partial charge is 0.477 e. The summed E-state index contributed by atoms with van der Waals surface area (Å²) in [6.07, 6.45) is 2.98. The fourth-order valence-corrected chi connectivity index (χ4v) is 3.83. The number of hydrogen-bond acceptors (Lipinski definition) is 5. The number of nitriles is 1. The Bertz CT molecular complexity index is 1060. The Labute approximate surface area is 154 Å². The normalized spacial score (nSPS) is 17.1. The van der Waals surface area contributed by atoms with Gasteiger partial charge in [-0.2, -0.15) is 5.26 Å². The van der Waals surface area contributed by atoms with Gasteiger partial charge in [-0.1, -0.05) is 0 Å². The lowest BCUT2D eigenvalue weighted by atomic mass is 9.98. The quantitative estimate of drug-likeness (QED) is 0.854. The molecule has 1 aliphatic heterocycles. The molecule has 2 N–H and O–H groups in total. The van der Waals surface area contributed by atoms with E-state index in [9.17, 15) is 20.0 Å². The average molecular weight is 370 g/mol. The number of aryl methyl sites for hydroxylation is 1. The molecule has 0 amide bonds. The molecule has 4 rings (SSSR count). The molecule has 7 nitrogen and oxygen atoms in total. The Kier molecular flexibility index (Phi) is 4.12. The SMILES string of the molecule is Cc1c(F)c(N2CCNCC2)c(C#N)c2c1c(=O)c(C(=O)O)cn2C1CC1. The van der Waals surface area contributed by atoms with Crippen LogP contribution in [0.5, 0.6) is 0 Å². The van der Waals surface area contributed by atoms with E-state index in [1.54, 1.807) is 4.57 Å². The van der Waals surface area contributed by atoms with E-state index < -0.39 is 22.8 Å². The molecule has 2 fully saturated rings. The smallest absolute Gasteiger partial charge is 0.341 e. The molecule has 0 spiro atoms. The summed E-state index contributed by atoms with van der Waals surface area (Å²) in [7, 11) is 0. The molecule has 2 heterocycles. The van der Waals surface area contributed by atoms with Crippen molar-refractivity contribution in [2.75, 3.05) is 31.1 Å². The molecular weight excluding hydrogens is 351 g/mol. The second-order valence-electron chi connectivity index (χ2n) is 7.05. The van der Waals surface area contributed by atoms with Gasteiger partial charge in [-0.3, -0.25) is 4.79 Å². The number of carboxylic acids is 1. The van der Waals surface area contributed by atoms with Crippen molar-refractivity contribution in [2.24, 2.45) is 0 Å². The van der Waals surface area contributed by atoms with E-state index >= 15 is 4.39 Å². The van der Waals surface area contributed by atoms with Gasteiger partial charge in [-0.25, -0.2) is 9.18 Å². The van der Waals surface area contributed by atoms with Crippen molar-refractivity contribution in [3.05, 3.63) is 38.9 Å². The van der Waals surface area contributed by atoms with Gasteiger partial charge in [-0.05, 0) is 19.8 Å². The molecule has 1 aromatic heterocycles. The minimum atomic E-state index is -1.35. The summed E-state index contributed by atoms with van der Waals surface area (Å²) in [5, 5.41) is 22.5. The van der Waals surface area contributed by atoms with E-state index in [0.717, 1.165) is 12.8 Å². The highest BCUT2D eigenvalue weighted by atomic mass is 19.1. The Morgan fingerprint density at radius 3 is 2.59 bits per heavy atom. The Hall–Kier alpha value is -2.92. The Balaban J connectivity index is 2.14. The molecule has 8 heteroatoms. The summed E-state index contributed by atoms with van der Waals surface area (Å²) < 4.78 is 17.0. The average Bonchev–Trinajstić information content (AvgIpc) is 3.49. The van der Waals surface area contributed by atoms with Crippen LogP contribution in [0.3, 0.4) is 0 Å². The summed E-state index contributed by atoms with van der Waals surface area (Å²) in [6, 6.07) is 2.12. The molecule has 1 saturated carbocycles. The van der Waals surface area contributed by atoms with Gasteiger partial charge < -0.3 is 19.9 Å². The van der Waals surface area contributed by atoms with Gasteiger partial charge in [0.15, 0.2) is 5.82 Å². The minimum Gasteiger partial charge on any atom is -0.477 e. The molecule has 0 atom stereocenters. The van der Waals surface area contributed by atoms with E-state index in [2.05, 4.69) is 11.4 Å². The second kappa shape index (κ2) is 6.35. The van der Waals surface area contributed by atoms with Gasteiger partial charge in [0.1, 0.15) is 17.2 Å². The zero-order chi connectivity index (χ0) is 19.3. The molecule has 0 unspecified atom stereocenters. The highest BCUT2D eigenvalue weighted by molar-refractivity contribution is 5.98. The van der Waals surface area contributed by atoms with Crippen LogP contribution < -0.4 is 15.6 Å². The first-order valence-corrected chi connectivity index (χ1v) is 8.95. The van der Waals surface area contributed by atoms with Gasteiger partial charge in [0, 0.05) is 44.0 Å². The summed E-state index contributed by atoms with van der Waals surface area (Å²) in [5.74, 6) is -1.97. The predicted octanol–water partition coefficient (Wildman–Crippen LogP) is 1.76. The first kappa shape index (κ1) is 17.5. The molecule has 0 radical (unpaired) electrons. The van der Waals surface area contributed by atoms with Crippen molar-refractivity contribution < 1.29 is 14.3 Å². The van der Waals surface area contributed by atoms with E-state index in [1.807, 2.05) is 4.90 Å². The molecule has 0 bridgehead atoms. The van der Waals surface area contributed by atoms with Crippen LogP contribution in [0, 0.1) is 24.1 Å². The van der Waals surface area contributed by atoms with E-state index in [1.165, 1.54) is 13.1 Å². The van der Waals surface area contributed by atoms with Crippen molar-refractivity contribution in [1.29, 1.82) is 5.26 Å². The number of nitrogens with zero attached hydrogens (tertiary/aromatic N) is 3. The summed E-state index contributed by atoms with van der Waals surface area (Å²) in [6.45, 7) is 3.94. The van der Waals surface area contributed by atoms with Crippen molar-refractivity contribution in [3.63, 3.8) is 0 Å². The molecule has 1 saturated heterocycles. The number of aromatic carboxylic acids is 1. The number of nitrogens with one attached hydrogen (secondary N) is 1. The van der Waals surface area contributed by atoms with Crippen molar-refractivity contribution in [2.45, 2.75) is 25.8 Å². The summed E-state index contributed by atoms with van der Waals surface area (Å²) in [5.41, 5.74) is -0.371. The van der Waals surface area contributed by atoms with Crippen molar-refractivity contribution in [3.8, 4) is 6.07 Å². The third-order valence-electron chi connectivity index (χ3n) is 5.34. The number of piperazine rings is 1. The molecule has 27 heavy (non-hydrogen) atoms. The fraction of sp³-hybridized carbons (Fsp3) is 0.421. The lowest BCUT2D eigenvalue weighted by molar-refractivity contribution is 0.0695. The topological polar surface area (TPSA) is 98.4 Å². The molecule has 140 valence electrons. The first-order valence-electron chi connectivity index (χ1n) is 8.95. The number of anilines is 1. The number of hydrogen-bond donors (Lipinski definition) is 2. The molecule has 1 aromatic carbocycles. The van der Waals surface area contributed by atoms with Gasteiger partial charge in [0.05, 0.1) is 16.6 Å². The third kappa shape index (κ3) is 2.66. The van der Waals surface area contributed by atoms with Crippen LogP contribution in [-0.2, 0) is 0 Å². The minimum absolute atomic E-state index is 0.00488. The molecule has 1 aliphatic carbocycles. The molecule has 2 aliphatic rings. The van der Waals surface area contributed by atoms with Crippen LogP contribution in [0.25, 0.3) is 10.9 Å². The van der Waals surface area contributed by atoms with Crippen LogP contribution >= 0.6 is 0 Å². The standard InChI is InChI=1S/C19H19FN4O3/c1-10-14-16(24(11-2-3-11)9-13(18(14)25)19(26)27)12(8-21)17(15(10)20)23-6-4-22-5-7-23/h9,11,22H,2-7H2,1H3,(H,26,27). The van der Waals surface area contributed by atoms with Crippen molar-refractivity contribution >= 4 is 22.6 Å². The number of pyridine rings is 1. The zero-order valence-corrected chi connectivity index (χ0v) is 14.9. The van der Waals surface area contributed by atoms with Crippen LogP contribution in [0.1, 0.15) is 40.4 Å². The second-order valence-corrected chi connectivity index (χ2v) is 7.05. The van der Waals surface area contributed by atoms with Gasteiger partial charge in [0.25, 0.3) is 0 Å². The van der Waals surface area contributed by atoms with Crippen LogP contribution in [0.2, 0.25) is 0 Å². The third-order valence-corrected chi connectivity index (χ3v) is 5.34. The van der Waals surface area contributed by atoms with Gasteiger partial charge in [0.2, 0.25) is 5.43 Å². The number of carbonyl (C=O) groups is 1. The highest BCUT2D eigenvalue weighted by Crippen LogP contribution is 2.41. The number of aromatic nitrogens is 1. The molecular formula is C19H19FN4O3. The lowest BCUT2D eigenvalue weighted by Gasteiger charge is -2.31. The van der Waals surface area contributed by atoms with Gasteiger partial charge in [-0.15, -0.1) is 0 Å². The highest BCUT2D eigenvalue weighted by Gasteiger charge is 2.32. The van der Waals surface area contributed by atoms with Crippen LogP contribution in [-0.4, -0.2) is 41.8 Å².